The van der Waals surface area contributed by atoms with Crippen LogP contribution in [-0.4, -0.2) is 42.6 Å². The first-order chi connectivity index (χ1) is 13.1. The molecule has 27 heavy (non-hydrogen) atoms. The molecule has 2 heterocycles. The normalized spacial score (nSPS) is 15.4. The third-order valence-electron chi connectivity index (χ3n) is 5.27. The third-order valence-corrected chi connectivity index (χ3v) is 5.27. The van der Waals surface area contributed by atoms with Gasteiger partial charge in [-0.1, -0.05) is 12.1 Å². The highest BCUT2D eigenvalue weighted by Crippen LogP contribution is 2.28. The van der Waals surface area contributed by atoms with Gasteiger partial charge in [0.05, 0.1) is 5.52 Å². The summed E-state index contributed by atoms with van der Waals surface area (Å²) < 4.78 is 14.1. The molecule has 0 unspecified atom stereocenters. The molecule has 1 aromatic heterocycles. The third kappa shape index (κ3) is 4.03. The van der Waals surface area contributed by atoms with E-state index in [4.69, 9.17) is 5.73 Å². The molecule has 0 amide bonds. The predicted octanol–water partition coefficient (Wildman–Crippen LogP) is 3.63. The molecule has 2 N–H and O–H groups in total. The lowest BCUT2D eigenvalue weighted by Gasteiger charge is -2.36. The van der Waals surface area contributed by atoms with Gasteiger partial charge in [-0.25, -0.2) is 4.39 Å². The number of rotatable bonds is 4. The summed E-state index contributed by atoms with van der Waals surface area (Å²) in [7, 11) is 0. The van der Waals surface area contributed by atoms with E-state index < -0.39 is 0 Å². The Hall–Kier alpha value is -2.66. The second-order valence-corrected chi connectivity index (χ2v) is 7.27. The van der Waals surface area contributed by atoms with E-state index in [1.54, 1.807) is 6.07 Å². The van der Waals surface area contributed by atoms with Crippen molar-refractivity contribution in [1.82, 2.24) is 9.88 Å². The van der Waals surface area contributed by atoms with Crippen LogP contribution >= 0.6 is 0 Å². The second-order valence-electron chi connectivity index (χ2n) is 7.27. The number of nitrogen functional groups attached to an aromatic ring is 1. The number of halogens is 1. The first kappa shape index (κ1) is 17.7. The van der Waals surface area contributed by atoms with Crippen molar-refractivity contribution in [2.24, 2.45) is 0 Å². The number of fused-ring (bicyclic) bond motifs is 1. The van der Waals surface area contributed by atoms with E-state index in [1.807, 2.05) is 31.2 Å². The molecule has 3 aromatic rings. The number of hydrogen-bond donors (Lipinski definition) is 1. The number of nitrogens with zero attached hydrogens (tertiary/aromatic N) is 3. The van der Waals surface area contributed by atoms with E-state index in [-0.39, 0.29) is 5.82 Å². The molecule has 1 saturated heterocycles. The topological polar surface area (TPSA) is 45.4 Å². The summed E-state index contributed by atoms with van der Waals surface area (Å²) in [6, 6.07) is 15.3. The second kappa shape index (κ2) is 7.53. The maximum atomic E-state index is 14.1. The molecule has 0 atom stereocenters. The number of benzene rings is 2. The molecule has 0 spiro atoms. The highest BCUT2D eigenvalue weighted by Gasteiger charge is 2.19. The fourth-order valence-corrected chi connectivity index (χ4v) is 3.79. The summed E-state index contributed by atoms with van der Waals surface area (Å²) in [5.74, 6) is -0.223. The van der Waals surface area contributed by atoms with Gasteiger partial charge in [0.15, 0.2) is 0 Å². The van der Waals surface area contributed by atoms with Crippen molar-refractivity contribution < 1.29 is 4.39 Å². The summed E-state index contributed by atoms with van der Waals surface area (Å²) in [6.07, 6.45) is 0.997. The van der Waals surface area contributed by atoms with Gasteiger partial charge in [0.2, 0.25) is 0 Å². The van der Waals surface area contributed by atoms with E-state index in [0.717, 1.165) is 67.1 Å². The SMILES string of the molecule is Cc1ccc2c(N3CCN(CCc4cccc(N)c4)CC3)cc(F)cc2n1. The molecule has 4 rings (SSSR count). The van der Waals surface area contributed by atoms with Gasteiger partial charge in [-0.05, 0) is 49.2 Å². The minimum absolute atomic E-state index is 0.223. The van der Waals surface area contributed by atoms with Gasteiger partial charge in [0.25, 0.3) is 0 Å². The highest BCUT2D eigenvalue weighted by atomic mass is 19.1. The zero-order valence-corrected chi connectivity index (χ0v) is 15.7. The van der Waals surface area contributed by atoms with Crippen LogP contribution in [0.15, 0.2) is 48.5 Å². The van der Waals surface area contributed by atoms with Crippen LogP contribution in [0.4, 0.5) is 15.8 Å². The van der Waals surface area contributed by atoms with Crippen molar-refractivity contribution in [2.75, 3.05) is 43.4 Å². The average molecular weight is 364 g/mol. The van der Waals surface area contributed by atoms with E-state index >= 15 is 0 Å². The van der Waals surface area contributed by atoms with Crippen molar-refractivity contribution in [3.63, 3.8) is 0 Å². The molecule has 0 aliphatic carbocycles. The Labute approximate surface area is 159 Å². The first-order valence-corrected chi connectivity index (χ1v) is 9.47. The molecule has 140 valence electrons. The van der Waals surface area contributed by atoms with Crippen LogP contribution in [0, 0.1) is 12.7 Å². The largest absolute Gasteiger partial charge is 0.399 e. The molecule has 2 aromatic carbocycles. The first-order valence-electron chi connectivity index (χ1n) is 9.47. The number of piperazine rings is 1. The Bertz CT molecular complexity index is 943. The van der Waals surface area contributed by atoms with Crippen LogP contribution in [0.1, 0.15) is 11.3 Å². The maximum Gasteiger partial charge on any atom is 0.127 e. The molecule has 0 bridgehead atoms. The van der Waals surface area contributed by atoms with Crippen LogP contribution in [0.2, 0.25) is 0 Å². The fraction of sp³-hybridized carbons (Fsp3) is 0.318. The molecule has 4 nitrogen and oxygen atoms in total. The standard InChI is InChI=1S/C22H25FN4/c1-16-5-6-20-21(25-16)14-18(23)15-22(20)27-11-9-26(10-12-27)8-7-17-3-2-4-19(24)13-17/h2-6,13-15H,7-12,24H2,1H3. The Kier molecular flexibility index (Phi) is 4.94. The van der Waals surface area contributed by atoms with Crippen LogP contribution in [-0.2, 0) is 6.42 Å². The Morgan fingerprint density at radius 2 is 1.85 bits per heavy atom. The van der Waals surface area contributed by atoms with Crippen LogP contribution in [0.3, 0.4) is 0 Å². The summed E-state index contributed by atoms with van der Waals surface area (Å²) in [4.78, 5) is 9.23. The van der Waals surface area contributed by atoms with Crippen molar-refractivity contribution in [3.05, 3.63) is 65.6 Å². The molecule has 0 saturated carbocycles. The summed E-state index contributed by atoms with van der Waals surface area (Å²) in [5.41, 5.74) is 10.5. The van der Waals surface area contributed by atoms with E-state index in [9.17, 15) is 4.39 Å². The predicted molar refractivity (Wildman–Crippen MR) is 110 cm³/mol. The van der Waals surface area contributed by atoms with Crippen molar-refractivity contribution in [1.29, 1.82) is 0 Å². The Morgan fingerprint density at radius 1 is 1.04 bits per heavy atom. The smallest absolute Gasteiger partial charge is 0.127 e. The van der Waals surface area contributed by atoms with Gasteiger partial charge >= 0.3 is 0 Å². The Balaban J connectivity index is 1.43. The van der Waals surface area contributed by atoms with Crippen molar-refractivity contribution in [2.45, 2.75) is 13.3 Å². The summed E-state index contributed by atoms with van der Waals surface area (Å²) in [5, 5.41) is 1.02. The number of hydrogen-bond acceptors (Lipinski definition) is 4. The average Bonchev–Trinajstić information content (AvgIpc) is 2.66. The maximum absolute atomic E-state index is 14.1. The monoisotopic (exact) mass is 364 g/mol. The number of pyridine rings is 1. The molecular weight excluding hydrogens is 339 g/mol. The zero-order chi connectivity index (χ0) is 18.8. The fourth-order valence-electron chi connectivity index (χ4n) is 3.79. The van der Waals surface area contributed by atoms with Gasteiger partial charge in [-0.15, -0.1) is 0 Å². The highest BCUT2D eigenvalue weighted by molar-refractivity contribution is 5.92. The number of aryl methyl sites for hydroxylation is 1. The molecule has 5 heteroatoms. The molecular formula is C22H25FN4. The molecule has 0 radical (unpaired) electrons. The Morgan fingerprint density at radius 3 is 2.63 bits per heavy atom. The number of nitrogens with two attached hydrogens (primary N) is 1. The van der Waals surface area contributed by atoms with Gasteiger partial charge in [-0.3, -0.25) is 9.88 Å². The van der Waals surface area contributed by atoms with Gasteiger partial charge in [0, 0.05) is 61.2 Å². The van der Waals surface area contributed by atoms with E-state index in [1.165, 1.54) is 11.6 Å². The zero-order valence-electron chi connectivity index (χ0n) is 15.7. The van der Waals surface area contributed by atoms with Crippen LogP contribution in [0.5, 0.6) is 0 Å². The lowest BCUT2D eigenvalue weighted by Crippen LogP contribution is -2.47. The quantitative estimate of drug-likeness (QED) is 0.718. The molecule has 1 aliphatic rings. The summed E-state index contributed by atoms with van der Waals surface area (Å²) in [6.45, 7) is 6.68. The minimum Gasteiger partial charge on any atom is -0.399 e. The minimum atomic E-state index is -0.223. The number of aromatic nitrogens is 1. The molecule has 1 fully saturated rings. The lowest BCUT2D eigenvalue weighted by molar-refractivity contribution is 0.261. The lowest BCUT2D eigenvalue weighted by atomic mass is 10.1. The number of anilines is 2. The van der Waals surface area contributed by atoms with Crippen molar-refractivity contribution in [3.8, 4) is 0 Å². The van der Waals surface area contributed by atoms with Gasteiger partial charge in [-0.2, -0.15) is 0 Å². The van der Waals surface area contributed by atoms with Gasteiger partial charge < -0.3 is 10.6 Å². The van der Waals surface area contributed by atoms with Crippen LogP contribution in [0.25, 0.3) is 10.9 Å². The van der Waals surface area contributed by atoms with Crippen LogP contribution < -0.4 is 10.6 Å². The van der Waals surface area contributed by atoms with Gasteiger partial charge in [0.1, 0.15) is 5.82 Å². The summed E-state index contributed by atoms with van der Waals surface area (Å²) >= 11 is 0. The van der Waals surface area contributed by atoms with E-state index in [0.29, 0.717) is 0 Å². The molecule has 1 aliphatic heterocycles. The van der Waals surface area contributed by atoms with E-state index in [2.05, 4.69) is 26.9 Å². The van der Waals surface area contributed by atoms with Crippen molar-refractivity contribution >= 4 is 22.3 Å².